The lowest BCUT2D eigenvalue weighted by atomic mass is 10.0. The van der Waals surface area contributed by atoms with Crippen molar-refractivity contribution in [2.75, 3.05) is 11.5 Å². The predicted octanol–water partition coefficient (Wildman–Crippen LogP) is 1.23. The van der Waals surface area contributed by atoms with Gasteiger partial charge < -0.3 is 4.90 Å². The molecule has 1 amide bonds. The summed E-state index contributed by atoms with van der Waals surface area (Å²) >= 11 is 0. The summed E-state index contributed by atoms with van der Waals surface area (Å²) in [7, 11) is -0.656. The van der Waals surface area contributed by atoms with Crippen LogP contribution in [0, 0.1) is 5.92 Å². The van der Waals surface area contributed by atoms with Gasteiger partial charge in [0.1, 0.15) is 0 Å². The smallest absolute Gasteiger partial charge is 0.244 e. The zero-order valence-corrected chi connectivity index (χ0v) is 12.7. The third-order valence-electron chi connectivity index (χ3n) is 4.62. The van der Waals surface area contributed by atoms with E-state index in [2.05, 4.69) is 24.1 Å². The second-order valence-electron chi connectivity index (χ2n) is 6.66. The fraction of sp³-hybridized carbons (Fsp3) is 0.929. The Morgan fingerprint density at radius 1 is 1.37 bits per heavy atom. The SMILES string of the molecule is CC(C)CC1NC2(CC2)C(=O)N1C1CCS(=O)CC1. The molecule has 1 N–H and O–H groups in total. The van der Waals surface area contributed by atoms with Crippen LogP contribution in [-0.2, 0) is 15.6 Å². The van der Waals surface area contributed by atoms with Crippen molar-refractivity contribution in [1.29, 1.82) is 0 Å². The van der Waals surface area contributed by atoms with Crippen molar-refractivity contribution in [2.45, 2.75) is 63.7 Å². The molecule has 2 heterocycles. The van der Waals surface area contributed by atoms with E-state index in [1.807, 2.05) is 0 Å². The van der Waals surface area contributed by atoms with Crippen molar-refractivity contribution in [2.24, 2.45) is 5.92 Å². The molecule has 0 bridgehead atoms. The van der Waals surface area contributed by atoms with Crippen LogP contribution in [0.4, 0.5) is 0 Å². The topological polar surface area (TPSA) is 49.4 Å². The number of hydrogen-bond acceptors (Lipinski definition) is 3. The monoisotopic (exact) mass is 284 g/mol. The van der Waals surface area contributed by atoms with Gasteiger partial charge in [-0.1, -0.05) is 13.8 Å². The van der Waals surface area contributed by atoms with Crippen molar-refractivity contribution >= 4 is 16.7 Å². The van der Waals surface area contributed by atoms with Gasteiger partial charge in [0, 0.05) is 28.3 Å². The molecule has 1 spiro atoms. The first-order valence-electron chi connectivity index (χ1n) is 7.47. The Labute approximate surface area is 117 Å². The molecule has 1 saturated carbocycles. The van der Waals surface area contributed by atoms with Crippen LogP contribution in [0.5, 0.6) is 0 Å². The summed E-state index contributed by atoms with van der Waals surface area (Å²) in [5, 5.41) is 3.58. The molecule has 4 nitrogen and oxygen atoms in total. The van der Waals surface area contributed by atoms with Gasteiger partial charge in [0.15, 0.2) is 0 Å². The molecule has 2 saturated heterocycles. The highest BCUT2D eigenvalue weighted by Gasteiger charge is 2.60. The van der Waals surface area contributed by atoms with E-state index >= 15 is 0 Å². The Hall–Kier alpha value is -0.420. The lowest BCUT2D eigenvalue weighted by molar-refractivity contribution is -0.133. The maximum absolute atomic E-state index is 12.6. The second kappa shape index (κ2) is 4.85. The summed E-state index contributed by atoms with van der Waals surface area (Å²) in [6.45, 7) is 4.41. The molecule has 2 aliphatic heterocycles. The lowest BCUT2D eigenvalue weighted by Crippen LogP contribution is -2.47. The van der Waals surface area contributed by atoms with Gasteiger partial charge in [-0.2, -0.15) is 0 Å². The largest absolute Gasteiger partial charge is 0.322 e. The minimum atomic E-state index is -0.656. The maximum Gasteiger partial charge on any atom is 0.244 e. The van der Waals surface area contributed by atoms with Crippen molar-refractivity contribution in [3.8, 4) is 0 Å². The highest BCUT2D eigenvalue weighted by atomic mass is 32.2. The van der Waals surface area contributed by atoms with Crippen molar-refractivity contribution in [3.63, 3.8) is 0 Å². The molecule has 3 rings (SSSR count). The quantitative estimate of drug-likeness (QED) is 0.848. The van der Waals surface area contributed by atoms with Crippen LogP contribution in [0.1, 0.15) is 46.0 Å². The first-order valence-corrected chi connectivity index (χ1v) is 8.96. The molecule has 0 aromatic carbocycles. The molecule has 0 aromatic heterocycles. The molecule has 1 atom stereocenters. The van der Waals surface area contributed by atoms with E-state index in [1.165, 1.54) is 0 Å². The van der Waals surface area contributed by atoms with Crippen LogP contribution in [0.2, 0.25) is 0 Å². The van der Waals surface area contributed by atoms with Gasteiger partial charge in [0.2, 0.25) is 5.91 Å². The molecular weight excluding hydrogens is 260 g/mol. The summed E-state index contributed by atoms with van der Waals surface area (Å²) in [6, 6.07) is 0.307. The molecule has 5 heteroatoms. The molecule has 108 valence electrons. The number of carbonyl (C=O) groups is 1. The Morgan fingerprint density at radius 2 is 2.00 bits per heavy atom. The number of rotatable bonds is 3. The fourth-order valence-electron chi connectivity index (χ4n) is 3.42. The molecule has 0 aromatic rings. The first kappa shape index (κ1) is 13.6. The Bertz CT molecular complexity index is 396. The summed E-state index contributed by atoms with van der Waals surface area (Å²) in [5.74, 6) is 2.42. The van der Waals surface area contributed by atoms with Crippen molar-refractivity contribution < 1.29 is 9.00 Å². The summed E-state index contributed by atoms with van der Waals surface area (Å²) in [4.78, 5) is 14.8. The molecule has 1 unspecified atom stereocenters. The third-order valence-corrected chi connectivity index (χ3v) is 6.00. The number of carbonyl (C=O) groups excluding carboxylic acids is 1. The maximum atomic E-state index is 12.6. The zero-order valence-electron chi connectivity index (χ0n) is 11.9. The number of amides is 1. The third kappa shape index (κ3) is 2.47. The van der Waals surface area contributed by atoms with E-state index in [0.717, 1.165) is 43.6 Å². The number of hydrogen-bond donors (Lipinski definition) is 1. The van der Waals surface area contributed by atoms with Crippen molar-refractivity contribution in [1.82, 2.24) is 10.2 Å². The van der Waals surface area contributed by atoms with Gasteiger partial charge in [0.05, 0.1) is 11.7 Å². The molecular formula is C14H24N2O2S. The van der Waals surface area contributed by atoms with E-state index in [1.54, 1.807) is 0 Å². The second-order valence-corrected chi connectivity index (χ2v) is 8.36. The normalized spacial score (nSPS) is 37.3. The van der Waals surface area contributed by atoms with Crippen LogP contribution in [0.3, 0.4) is 0 Å². The van der Waals surface area contributed by atoms with Crippen LogP contribution in [-0.4, -0.2) is 44.3 Å². The van der Waals surface area contributed by atoms with E-state index < -0.39 is 10.8 Å². The average Bonchev–Trinajstić information content (AvgIpc) is 3.06. The highest BCUT2D eigenvalue weighted by Crippen LogP contribution is 2.44. The first-order chi connectivity index (χ1) is 9.02. The van der Waals surface area contributed by atoms with E-state index in [-0.39, 0.29) is 11.7 Å². The van der Waals surface area contributed by atoms with Gasteiger partial charge in [0.25, 0.3) is 0 Å². The summed E-state index contributed by atoms with van der Waals surface area (Å²) in [5.41, 5.74) is -0.212. The van der Waals surface area contributed by atoms with Gasteiger partial charge in [-0.05, 0) is 38.0 Å². The standard InChI is InChI=1S/C14H24N2O2S/c1-10(2)9-12-15-14(5-6-14)13(17)16(12)11-3-7-19(18)8-4-11/h10-12,15H,3-9H2,1-2H3. The average molecular weight is 284 g/mol. The molecule has 3 fully saturated rings. The zero-order chi connectivity index (χ0) is 13.6. The van der Waals surface area contributed by atoms with E-state index in [0.29, 0.717) is 17.9 Å². The van der Waals surface area contributed by atoms with Crippen LogP contribution >= 0.6 is 0 Å². The minimum absolute atomic E-state index is 0.200. The van der Waals surface area contributed by atoms with Gasteiger partial charge in [-0.3, -0.25) is 14.3 Å². The minimum Gasteiger partial charge on any atom is -0.322 e. The summed E-state index contributed by atoms with van der Waals surface area (Å²) in [6.07, 6.45) is 5.03. The van der Waals surface area contributed by atoms with Gasteiger partial charge in [-0.25, -0.2) is 0 Å². The van der Waals surface area contributed by atoms with E-state index in [9.17, 15) is 9.00 Å². The Kier molecular flexibility index (Phi) is 3.46. The van der Waals surface area contributed by atoms with Gasteiger partial charge >= 0.3 is 0 Å². The van der Waals surface area contributed by atoms with Crippen LogP contribution in [0.15, 0.2) is 0 Å². The lowest BCUT2D eigenvalue weighted by Gasteiger charge is -2.35. The van der Waals surface area contributed by atoms with Crippen LogP contribution in [0.25, 0.3) is 0 Å². The van der Waals surface area contributed by atoms with Gasteiger partial charge in [-0.15, -0.1) is 0 Å². The fourth-order valence-corrected chi connectivity index (χ4v) is 4.69. The molecule has 0 radical (unpaired) electrons. The predicted molar refractivity (Wildman–Crippen MR) is 76.1 cm³/mol. The molecule has 3 aliphatic rings. The summed E-state index contributed by atoms with van der Waals surface area (Å²) < 4.78 is 11.5. The molecule has 1 aliphatic carbocycles. The van der Waals surface area contributed by atoms with Crippen molar-refractivity contribution in [3.05, 3.63) is 0 Å². The van der Waals surface area contributed by atoms with E-state index in [4.69, 9.17) is 0 Å². The number of nitrogens with one attached hydrogen (secondary N) is 1. The Morgan fingerprint density at radius 3 is 2.53 bits per heavy atom. The highest BCUT2D eigenvalue weighted by molar-refractivity contribution is 7.85. The Balaban J connectivity index is 1.75. The molecule has 19 heavy (non-hydrogen) atoms. The number of nitrogens with zero attached hydrogens (tertiary/aromatic N) is 1. The van der Waals surface area contributed by atoms with Crippen LogP contribution < -0.4 is 5.32 Å².